The first-order chi connectivity index (χ1) is 8.99. The first-order valence-electron chi connectivity index (χ1n) is 5.26. The molecule has 100 valence electrons. The number of phenols is 3. The number of halogens is 2. The molecule has 0 aliphatic carbocycles. The van der Waals surface area contributed by atoms with Crippen LogP contribution >= 0.6 is 27.5 Å². The molecular formula is C12H10BrClN2O3. The van der Waals surface area contributed by atoms with Crippen LogP contribution in [0.1, 0.15) is 5.56 Å². The van der Waals surface area contributed by atoms with E-state index in [1.165, 1.54) is 12.1 Å². The van der Waals surface area contributed by atoms with Gasteiger partial charge in [0, 0.05) is 12.1 Å². The van der Waals surface area contributed by atoms with Gasteiger partial charge in [0.05, 0.1) is 16.4 Å². The predicted octanol–water partition coefficient (Wildman–Crippen LogP) is 3.23. The van der Waals surface area contributed by atoms with Crippen LogP contribution in [-0.2, 0) is 6.54 Å². The number of hydrogen-bond donors (Lipinski definition) is 4. The van der Waals surface area contributed by atoms with Gasteiger partial charge < -0.3 is 20.6 Å². The fourth-order valence-corrected chi connectivity index (χ4v) is 1.92. The highest BCUT2D eigenvalue weighted by Crippen LogP contribution is 2.37. The molecular weight excluding hydrogens is 336 g/mol. The molecule has 0 amide bonds. The quantitative estimate of drug-likeness (QED) is 0.507. The molecule has 1 heterocycles. The molecule has 7 heteroatoms. The first kappa shape index (κ1) is 13.8. The highest BCUT2D eigenvalue weighted by atomic mass is 79.9. The SMILES string of the molecule is Oc1ccc(CNc2cnc(Cl)c(Br)c2)c(O)c1O. The number of aromatic hydroxyl groups is 3. The lowest BCUT2D eigenvalue weighted by molar-refractivity contribution is 0.365. The van der Waals surface area contributed by atoms with Crippen LogP contribution in [0.2, 0.25) is 5.15 Å². The zero-order valence-corrected chi connectivity index (χ0v) is 11.9. The molecule has 0 aliphatic heterocycles. The second-order valence-electron chi connectivity index (χ2n) is 3.79. The Balaban J connectivity index is 2.14. The van der Waals surface area contributed by atoms with E-state index in [9.17, 15) is 15.3 Å². The molecule has 0 atom stereocenters. The van der Waals surface area contributed by atoms with Gasteiger partial charge in [-0.1, -0.05) is 11.6 Å². The average molecular weight is 346 g/mol. The van der Waals surface area contributed by atoms with E-state index in [2.05, 4.69) is 26.2 Å². The summed E-state index contributed by atoms with van der Waals surface area (Å²) in [6, 6.07) is 4.56. The Kier molecular flexibility index (Phi) is 4.01. The van der Waals surface area contributed by atoms with Gasteiger partial charge in [0.2, 0.25) is 5.75 Å². The molecule has 0 unspecified atom stereocenters. The number of pyridine rings is 1. The van der Waals surface area contributed by atoms with Gasteiger partial charge in [0.25, 0.3) is 0 Å². The Bertz CT molecular complexity index is 622. The lowest BCUT2D eigenvalue weighted by Gasteiger charge is -2.10. The Morgan fingerprint density at radius 1 is 1.21 bits per heavy atom. The van der Waals surface area contributed by atoms with Gasteiger partial charge in [-0.15, -0.1) is 0 Å². The van der Waals surface area contributed by atoms with E-state index in [4.69, 9.17) is 11.6 Å². The average Bonchev–Trinajstić information content (AvgIpc) is 2.39. The third kappa shape index (κ3) is 3.02. The van der Waals surface area contributed by atoms with Gasteiger partial charge in [-0.05, 0) is 34.1 Å². The fourth-order valence-electron chi connectivity index (χ4n) is 1.47. The maximum absolute atomic E-state index is 9.66. The van der Waals surface area contributed by atoms with Gasteiger partial charge in [-0.3, -0.25) is 0 Å². The summed E-state index contributed by atoms with van der Waals surface area (Å²) in [5.74, 6) is -1.25. The molecule has 0 radical (unpaired) electrons. The topological polar surface area (TPSA) is 85.6 Å². The number of nitrogens with zero attached hydrogens (tertiary/aromatic N) is 1. The van der Waals surface area contributed by atoms with Gasteiger partial charge in [-0.25, -0.2) is 4.98 Å². The van der Waals surface area contributed by atoms with Crippen LogP contribution in [0, 0.1) is 0 Å². The third-order valence-electron chi connectivity index (χ3n) is 2.49. The van der Waals surface area contributed by atoms with E-state index in [0.29, 0.717) is 20.9 Å². The largest absolute Gasteiger partial charge is 0.504 e. The summed E-state index contributed by atoms with van der Waals surface area (Å²) in [7, 11) is 0. The van der Waals surface area contributed by atoms with Crippen molar-refractivity contribution in [2.24, 2.45) is 0 Å². The van der Waals surface area contributed by atoms with Crippen molar-refractivity contribution in [3.63, 3.8) is 0 Å². The lowest BCUT2D eigenvalue weighted by atomic mass is 10.1. The van der Waals surface area contributed by atoms with Crippen molar-refractivity contribution < 1.29 is 15.3 Å². The smallest absolute Gasteiger partial charge is 0.200 e. The van der Waals surface area contributed by atoms with Crippen molar-refractivity contribution in [3.8, 4) is 17.2 Å². The zero-order chi connectivity index (χ0) is 14.0. The molecule has 1 aromatic carbocycles. The number of aromatic nitrogens is 1. The summed E-state index contributed by atoms with van der Waals surface area (Å²) in [5, 5.41) is 31.6. The number of benzene rings is 1. The minimum absolute atomic E-state index is 0.259. The Morgan fingerprint density at radius 3 is 2.63 bits per heavy atom. The van der Waals surface area contributed by atoms with Crippen LogP contribution < -0.4 is 5.32 Å². The maximum atomic E-state index is 9.66. The minimum atomic E-state index is -0.533. The molecule has 0 fully saturated rings. The van der Waals surface area contributed by atoms with Crippen LogP contribution in [-0.4, -0.2) is 20.3 Å². The molecule has 5 nitrogen and oxygen atoms in total. The van der Waals surface area contributed by atoms with E-state index in [1.54, 1.807) is 12.3 Å². The van der Waals surface area contributed by atoms with Crippen LogP contribution in [0.4, 0.5) is 5.69 Å². The standard InChI is InChI=1S/C12H10BrClN2O3/c13-8-3-7(5-16-12(8)14)15-4-6-1-2-9(17)11(19)10(6)18/h1-3,5,15,17-19H,4H2. The molecule has 0 saturated carbocycles. The summed E-state index contributed by atoms with van der Waals surface area (Å²) >= 11 is 9.03. The Hall–Kier alpha value is -1.66. The van der Waals surface area contributed by atoms with Gasteiger partial charge in [0.1, 0.15) is 5.15 Å². The number of anilines is 1. The highest BCUT2D eigenvalue weighted by Gasteiger charge is 2.10. The summed E-state index contributed by atoms with van der Waals surface area (Å²) in [6.07, 6.45) is 1.55. The second kappa shape index (κ2) is 5.54. The third-order valence-corrected chi connectivity index (χ3v) is 3.63. The van der Waals surface area contributed by atoms with Gasteiger partial charge >= 0.3 is 0 Å². The lowest BCUT2D eigenvalue weighted by Crippen LogP contribution is -2.00. The summed E-state index contributed by atoms with van der Waals surface area (Å²) < 4.78 is 0.650. The normalized spacial score (nSPS) is 10.4. The van der Waals surface area contributed by atoms with Gasteiger partial charge in [0.15, 0.2) is 11.5 Å². The first-order valence-corrected chi connectivity index (χ1v) is 6.44. The van der Waals surface area contributed by atoms with Crippen molar-refractivity contribution in [3.05, 3.63) is 39.6 Å². The molecule has 0 bridgehead atoms. The Labute approximate surface area is 122 Å². The molecule has 0 spiro atoms. The van der Waals surface area contributed by atoms with Crippen LogP contribution in [0.15, 0.2) is 28.9 Å². The number of nitrogens with one attached hydrogen (secondary N) is 1. The van der Waals surface area contributed by atoms with E-state index < -0.39 is 5.75 Å². The molecule has 2 aromatic rings. The molecule has 19 heavy (non-hydrogen) atoms. The summed E-state index contributed by atoms with van der Waals surface area (Å²) in [4.78, 5) is 3.95. The zero-order valence-electron chi connectivity index (χ0n) is 9.56. The fraction of sp³-hybridized carbons (Fsp3) is 0.0833. The molecule has 0 saturated heterocycles. The Morgan fingerprint density at radius 2 is 1.95 bits per heavy atom. The molecule has 1 aromatic heterocycles. The monoisotopic (exact) mass is 344 g/mol. The van der Waals surface area contributed by atoms with Gasteiger partial charge in [-0.2, -0.15) is 0 Å². The summed E-state index contributed by atoms with van der Waals surface area (Å²) in [6.45, 7) is 0.259. The number of hydrogen-bond acceptors (Lipinski definition) is 5. The second-order valence-corrected chi connectivity index (χ2v) is 5.00. The van der Waals surface area contributed by atoms with Crippen LogP contribution in [0.5, 0.6) is 17.2 Å². The van der Waals surface area contributed by atoms with Crippen molar-refractivity contribution in [1.29, 1.82) is 0 Å². The van der Waals surface area contributed by atoms with Crippen molar-refractivity contribution >= 4 is 33.2 Å². The van der Waals surface area contributed by atoms with Crippen molar-refractivity contribution in [1.82, 2.24) is 4.98 Å². The number of phenolic OH excluding ortho intramolecular Hbond substituents is 3. The van der Waals surface area contributed by atoms with E-state index in [1.807, 2.05) is 0 Å². The minimum Gasteiger partial charge on any atom is -0.504 e. The molecule has 0 aliphatic rings. The maximum Gasteiger partial charge on any atom is 0.200 e. The van der Waals surface area contributed by atoms with Crippen LogP contribution in [0.3, 0.4) is 0 Å². The van der Waals surface area contributed by atoms with Crippen molar-refractivity contribution in [2.75, 3.05) is 5.32 Å². The van der Waals surface area contributed by atoms with E-state index in [-0.39, 0.29) is 18.0 Å². The van der Waals surface area contributed by atoms with Crippen LogP contribution in [0.25, 0.3) is 0 Å². The predicted molar refractivity (Wildman–Crippen MR) is 75.7 cm³/mol. The molecule has 4 N–H and O–H groups in total. The van der Waals surface area contributed by atoms with E-state index in [0.717, 1.165) is 0 Å². The molecule has 2 rings (SSSR count). The van der Waals surface area contributed by atoms with Crippen molar-refractivity contribution in [2.45, 2.75) is 6.54 Å². The number of rotatable bonds is 3. The van der Waals surface area contributed by atoms with E-state index >= 15 is 0 Å². The summed E-state index contributed by atoms with van der Waals surface area (Å²) in [5.41, 5.74) is 1.14. The highest BCUT2D eigenvalue weighted by molar-refractivity contribution is 9.10.